The largest absolute Gasteiger partial charge is 0.490 e. The van der Waals surface area contributed by atoms with Gasteiger partial charge in [0, 0.05) is 18.2 Å². The third kappa shape index (κ3) is 2.49. The Kier molecular flexibility index (Phi) is 3.72. The van der Waals surface area contributed by atoms with Crippen molar-refractivity contribution in [3.05, 3.63) is 36.5 Å². The van der Waals surface area contributed by atoms with Crippen molar-refractivity contribution in [3.63, 3.8) is 0 Å². The number of ether oxygens (including phenoxy) is 2. The Bertz CT molecular complexity index is 451. The molecule has 0 spiro atoms. The fraction of sp³-hybridized carbons (Fsp3) is 0.308. The number of benzene rings is 1. The van der Waals surface area contributed by atoms with Crippen LogP contribution in [0.15, 0.2) is 36.5 Å². The van der Waals surface area contributed by atoms with Gasteiger partial charge in [-0.15, -0.1) is 0 Å². The van der Waals surface area contributed by atoms with Gasteiger partial charge in [-0.2, -0.15) is 0 Å². The third-order valence-corrected chi connectivity index (χ3v) is 2.30. The van der Waals surface area contributed by atoms with Crippen LogP contribution >= 0.6 is 0 Å². The van der Waals surface area contributed by atoms with Crippen LogP contribution in [-0.2, 0) is 4.74 Å². The molecule has 0 radical (unpaired) electrons. The van der Waals surface area contributed by atoms with Gasteiger partial charge in [0.2, 0.25) is 0 Å². The van der Waals surface area contributed by atoms with Crippen LogP contribution in [0.4, 0.5) is 0 Å². The normalized spacial score (nSPS) is 10.6. The molecular weight excluding hydrogens is 202 g/mol. The van der Waals surface area contributed by atoms with Crippen molar-refractivity contribution in [1.82, 2.24) is 4.98 Å². The zero-order valence-corrected chi connectivity index (χ0v) is 9.35. The minimum atomic E-state index is 0.571. The molecule has 3 heteroatoms. The summed E-state index contributed by atoms with van der Waals surface area (Å²) < 4.78 is 10.9. The van der Waals surface area contributed by atoms with E-state index in [0.717, 1.165) is 23.3 Å². The number of rotatable bonds is 5. The lowest BCUT2D eigenvalue weighted by molar-refractivity contribution is 0.111. The van der Waals surface area contributed by atoms with E-state index in [1.54, 1.807) is 6.20 Å². The smallest absolute Gasteiger partial charge is 0.130 e. The van der Waals surface area contributed by atoms with E-state index in [2.05, 4.69) is 4.98 Å². The van der Waals surface area contributed by atoms with E-state index < -0.39 is 0 Å². The van der Waals surface area contributed by atoms with E-state index in [1.807, 2.05) is 37.3 Å². The lowest BCUT2D eigenvalue weighted by atomic mass is 10.2. The Morgan fingerprint density at radius 3 is 2.88 bits per heavy atom. The second-order valence-electron chi connectivity index (χ2n) is 3.37. The topological polar surface area (TPSA) is 31.4 Å². The predicted octanol–water partition coefficient (Wildman–Crippen LogP) is 2.65. The first kappa shape index (κ1) is 10.9. The third-order valence-electron chi connectivity index (χ3n) is 2.30. The lowest BCUT2D eigenvalue weighted by Crippen LogP contribution is -2.06. The summed E-state index contributed by atoms with van der Waals surface area (Å²) in [5.74, 6) is 0.866. The van der Waals surface area contributed by atoms with Crippen LogP contribution in [0.3, 0.4) is 0 Å². The lowest BCUT2D eigenvalue weighted by Gasteiger charge is -2.08. The molecule has 0 saturated carbocycles. The molecule has 0 aliphatic carbocycles. The van der Waals surface area contributed by atoms with E-state index >= 15 is 0 Å². The predicted molar refractivity (Wildman–Crippen MR) is 63.7 cm³/mol. The van der Waals surface area contributed by atoms with Crippen molar-refractivity contribution in [3.8, 4) is 5.75 Å². The number of fused-ring (bicyclic) bond motifs is 1. The Balaban J connectivity index is 2.11. The zero-order valence-electron chi connectivity index (χ0n) is 9.35. The van der Waals surface area contributed by atoms with Gasteiger partial charge in [0.15, 0.2) is 0 Å². The zero-order chi connectivity index (χ0) is 11.2. The van der Waals surface area contributed by atoms with E-state index in [0.29, 0.717) is 13.2 Å². The number of pyridine rings is 1. The number of hydrogen-bond donors (Lipinski definition) is 0. The fourth-order valence-electron chi connectivity index (χ4n) is 1.55. The molecule has 0 saturated heterocycles. The summed E-state index contributed by atoms with van der Waals surface area (Å²) in [4.78, 5) is 4.28. The number of aromatic nitrogens is 1. The second-order valence-corrected chi connectivity index (χ2v) is 3.37. The highest BCUT2D eigenvalue weighted by molar-refractivity contribution is 5.84. The maximum Gasteiger partial charge on any atom is 0.130 e. The van der Waals surface area contributed by atoms with Crippen molar-refractivity contribution in [2.24, 2.45) is 0 Å². The fourth-order valence-corrected chi connectivity index (χ4v) is 1.55. The summed E-state index contributed by atoms with van der Waals surface area (Å²) in [5.41, 5.74) is 0.955. The van der Waals surface area contributed by atoms with Crippen molar-refractivity contribution >= 4 is 10.9 Å². The van der Waals surface area contributed by atoms with E-state index in [1.165, 1.54) is 0 Å². The summed E-state index contributed by atoms with van der Waals surface area (Å²) >= 11 is 0. The van der Waals surface area contributed by atoms with Crippen molar-refractivity contribution in [1.29, 1.82) is 0 Å². The molecule has 3 nitrogen and oxygen atoms in total. The average Bonchev–Trinajstić information content (AvgIpc) is 2.35. The first-order chi connectivity index (χ1) is 7.92. The standard InChI is InChI=1S/C13H15NO2/c1-2-15-9-10-16-13-7-8-14-12-6-4-3-5-11(12)13/h3-8H,2,9-10H2,1H3. The Morgan fingerprint density at radius 1 is 1.12 bits per heavy atom. The quantitative estimate of drug-likeness (QED) is 0.721. The van der Waals surface area contributed by atoms with Crippen molar-refractivity contribution < 1.29 is 9.47 Å². The van der Waals surface area contributed by atoms with Gasteiger partial charge in [0.1, 0.15) is 12.4 Å². The van der Waals surface area contributed by atoms with Crippen LogP contribution in [0, 0.1) is 0 Å². The molecule has 0 atom stereocenters. The molecule has 0 fully saturated rings. The van der Waals surface area contributed by atoms with Gasteiger partial charge >= 0.3 is 0 Å². The molecule has 0 amide bonds. The van der Waals surface area contributed by atoms with Crippen LogP contribution < -0.4 is 4.74 Å². The molecule has 0 unspecified atom stereocenters. The molecule has 2 rings (SSSR count). The highest BCUT2D eigenvalue weighted by atomic mass is 16.5. The maximum atomic E-state index is 5.66. The van der Waals surface area contributed by atoms with E-state index in [4.69, 9.17) is 9.47 Å². The number of hydrogen-bond acceptors (Lipinski definition) is 3. The van der Waals surface area contributed by atoms with Gasteiger partial charge in [-0.3, -0.25) is 4.98 Å². The molecular formula is C13H15NO2. The van der Waals surface area contributed by atoms with Gasteiger partial charge in [-0.1, -0.05) is 12.1 Å². The van der Waals surface area contributed by atoms with E-state index in [-0.39, 0.29) is 0 Å². The van der Waals surface area contributed by atoms with Gasteiger partial charge in [-0.05, 0) is 25.1 Å². The summed E-state index contributed by atoms with van der Waals surface area (Å²) in [7, 11) is 0. The highest BCUT2D eigenvalue weighted by Crippen LogP contribution is 2.22. The summed E-state index contributed by atoms with van der Waals surface area (Å²) in [5, 5.41) is 1.04. The molecule has 0 aliphatic rings. The summed E-state index contributed by atoms with van der Waals surface area (Å²) in [6.07, 6.45) is 1.76. The van der Waals surface area contributed by atoms with Crippen LogP contribution in [0.25, 0.3) is 10.9 Å². The van der Waals surface area contributed by atoms with Crippen molar-refractivity contribution in [2.75, 3.05) is 19.8 Å². The Morgan fingerprint density at radius 2 is 2.00 bits per heavy atom. The maximum absolute atomic E-state index is 5.66. The molecule has 0 N–H and O–H groups in total. The number of para-hydroxylation sites is 1. The minimum absolute atomic E-state index is 0.571. The summed E-state index contributed by atoms with van der Waals surface area (Å²) in [6, 6.07) is 9.83. The second kappa shape index (κ2) is 5.47. The number of nitrogens with zero attached hydrogens (tertiary/aromatic N) is 1. The Labute approximate surface area is 95.0 Å². The Hall–Kier alpha value is -1.61. The molecule has 0 bridgehead atoms. The SMILES string of the molecule is CCOCCOc1ccnc2ccccc12. The van der Waals surface area contributed by atoms with Crippen LogP contribution in [0.5, 0.6) is 5.75 Å². The molecule has 1 heterocycles. The first-order valence-electron chi connectivity index (χ1n) is 5.46. The van der Waals surface area contributed by atoms with E-state index in [9.17, 15) is 0 Å². The van der Waals surface area contributed by atoms with Crippen molar-refractivity contribution in [2.45, 2.75) is 6.92 Å². The van der Waals surface area contributed by atoms with Gasteiger partial charge in [0.05, 0.1) is 12.1 Å². The molecule has 1 aromatic heterocycles. The van der Waals surface area contributed by atoms with Crippen LogP contribution in [-0.4, -0.2) is 24.8 Å². The average molecular weight is 217 g/mol. The summed E-state index contributed by atoms with van der Waals surface area (Å²) in [6.45, 7) is 3.89. The van der Waals surface area contributed by atoms with Crippen LogP contribution in [0.2, 0.25) is 0 Å². The van der Waals surface area contributed by atoms with Crippen LogP contribution in [0.1, 0.15) is 6.92 Å². The van der Waals surface area contributed by atoms with Gasteiger partial charge < -0.3 is 9.47 Å². The van der Waals surface area contributed by atoms with Gasteiger partial charge in [0.25, 0.3) is 0 Å². The molecule has 1 aromatic carbocycles. The molecule has 16 heavy (non-hydrogen) atoms. The molecule has 2 aromatic rings. The molecule has 84 valence electrons. The molecule has 0 aliphatic heterocycles. The monoisotopic (exact) mass is 217 g/mol. The minimum Gasteiger partial charge on any atom is -0.490 e. The van der Waals surface area contributed by atoms with Gasteiger partial charge in [-0.25, -0.2) is 0 Å². The first-order valence-corrected chi connectivity index (χ1v) is 5.46. The highest BCUT2D eigenvalue weighted by Gasteiger charge is 2.01.